The Labute approximate surface area is 218 Å². The molecule has 1 aliphatic heterocycles. The van der Waals surface area contributed by atoms with Gasteiger partial charge < -0.3 is 15.0 Å². The minimum Gasteiger partial charge on any atom is -0.381 e. The molecule has 208 valence electrons. The van der Waals surface area contributed by atoms with Crippen molar-refractivity contribution in [2.24, 2.45) is 5.41 Å². The monoisotopic (exact) mass is 542 g/mol. The molecule has 2 unspecified atom stereocenters. The number of amides is 1. The van der Waals surface area contributed by atoms with Gasteiger partial charge in [-0.2, -0.15) is 26.3 Å². The van der Waals surface area contributed by atoms with Gasteiger partial charge in [0.1, 0.15) is 0 Å². The molecule has 2 aromatic carbocycles. The number of nitrogens with one attached hydrogen (secondary N) is 1. The molecule has 1 saturated heterocycles. The SMILES string of the molecule is CN(C1CCOCC1)C1CCC(Cc2ccccc2)(C(=O)NCc2cc(C(F)(F)F)cc(C(F)(F)F)c2)C1. The number of ether oxygens (including phenoxy) is 1. The van der Waals surface area contributed by atoms with Crippen LogP contribution in [0.25, 0.3) is 0 Å². The van der Waals surface area contributed by atoms with Gasteiger partial charge in [0, 0.05) is 31.8 Å². The Kier molecular flexibility index (Phi) is 8.42. The summed E-state index contributed by atoms with van der Waals surface area (Å²) >= 11 is 0. The molecule has 1 saturated carbocycles. The second kappa shape index (κ2) is 11.3. The van der Waals surface area contributed by atoms with E-state index < -0.39 is 35.4 Å². The molecule has 1 amide bonds. The van der Waals surface area contributed by atoms with Crippen LogP contribution in [0, 0.1) is 5.41 Å². The predicted molar refractivity (Wildman–Crippen MR) is 130 cm³/mol. The fourth-order valence-corrected chi connectivity index (χ4v) is 5.76. The average Bonchev–Trinajstić information content (AvgIpc) is 3.32. The average molecular weight is 543 g/mol. The summed E-state index contributed by atoms with van der Waals surface area (Å²) in [7, 11) is 2.05. The van der Waals surface area contributed by atoms with E-state index >= 15 is 0 Å². The Hall–Kier alpha value is -2.59. The van der Waals surface area contributed by atoms with E-state index in [-0.39, 0.29) is 23.6 Å². The predicted octanol–water partition coefficient (Wildman–Crippen LogP) is 6.23. The number of hydrogen-bond donors (Lipinski definition) is 1. The van der Waals surface area contributed by atoms with E-state index in [9.17, 15) is 31.1 Å². The highest BCUT2D eigenvalue weighted by Gasteiger charge is 2.47. The second-order valence-electron chi connectivity index (χ2n) is 10.4. The van der Waals surface area contributed by atoms with Crippen molar-refractivity contribution in [2.75, 3.05) is 20.3 Å². The number of alkyl halides is 6. The van der Waals surface area contributed by atoms with Crippen LogP contribution in [0.3, 0.4) is 0 Å². The van der Waals surface area contributed by atoms with Crippen molar-refractivity contribution in [3.05, 3.63) is 70.8 Å². The maximum Gasteiger partial charge on any atom is 0.416 e. The summed E-state index contributed by atoms with van der Waals surface area (Å²) in [5.41, 5.74) is -2.90. The Morgan fingerprint density at radius 2 is 1.53 bits per heavy atom. The van der Waals surface area contributed by atoms with Crippen LogP contribution >= 0.6 is 0 Å². The van der Waals surface area contributed by atoms with Gasteiger partial charge in [-0.25, -0.2) is 0 Å². The molecule has 0 radical (unpaired) electrons. The summed E-state index contributed by atoms with van der Waals surface area (Å²) in [6.45, 7) is 0.950. The van der Waals surface area contributed by atoms with E-state index in [0.29, 0.717) is 50.7 Å². The Morgan fingerprint density at radius 1 is 0.921 bits per heavy atom. The zero-order chi connectivity index (χ0) is 27.6. The number of halogens is 6. The van der Waals surface area contributed by atoms with Crippen LogP contribution in [0.2, 0.25) is 0 Å². The van der Waals surface area contributed by atoms with Crippen LogP contribution < -0.4 is 5.32 Å². The zero-order valence-corrected chi connectivity index (χ0v) is 21.2. The summed E-state index contributed by atoms with van der Waals surface area (Å²) in [6.07, 6.45) is -5.74. The van der Waals surface area contributed by atoms with Crippen LogP contribution in [0.5, 0.6) is 0 Å². The summed E-state index contributed by atoms with van der Waals surface area (Å²) in [4.78, 5) is 16.0. The van der Waals surface area contributed by atoms with Gasteiger partial charge in [-0.3, -0.25) is 4.79 Å². The molecule has 4 rings (SSSR count). The van der Waals surface area contributed by atoms with E-state index in [4.69, 9.17) is 4.74 Å². The molecule has 0 aromatic heterocycles. The highest BCUT2D eigenvalue weighted by molar-refractivity contribution is 5.83. The minimum absolute atomic E-state index is 0.0932. The van der Waals surface area contributed by atoms with Gasteiger partial charge in [0.05, 0.1) is 16.5 Å². The molecular weight excluding hydrogens is 510 g/mol. The normalized spacial score (nSPS) is 23.1. The smallest absolute Gasteiger partial charge is 0.381 e. The molecule has 2 aromatic rings. The maximum absolute atomic E-state index is 13.7. The van der Waals surface area contributed by atoms with E-state index in [1.807, 2.05) is 30.3 Å². The first kappa shape index (κ1) is 28.4. The molecule has 0 spiro atoms. The van der Waals surface area contributed by atoms with Crippen molar-refractivity contribution in [1.29, 1.82) is 0 Å². The first-order valence-electron chi connectivity index (χ1n) is 12.8. The highest BCUT2D eigenvalue weighted by atomic mass is 19.4. The van der Waals surface area contributed by atoms with Gasteiger partial charge in [-0.15, -0.1) is 0 Å². The minimum atomic E-state index is -4.94. The topological polar surface area (TPSA) is 41.6 Å². The lowest BCUT2D eigenvalue weighted by Crippen LogP contribution is -2.45. The van der Waals surface area contributed by atoms with E-state index in [0.717, 1.165) is 24.8 Å². The number of hydrogen-bond acceptors (Lipinski definition) is 3. The standard InChI is InChI=1S/C28H32F6N2O2/c1-36(23-8-11-38-12-9-23)24-7-10-26(17-24,16-19-5-3-2-4-6-19)25(37)35-18-20-13-21(27(29,30)31)15-22(14-20)28(32,33)34/h2-6,13-15,23-24H,7-12,16-18H2,1H3,(H,35,37). The van der Waals surface area contributed by atoms with Crippen LogP contribution in [0.1, 0.15) is 54.4 Å². The summed E-state index contributed by atoms with van der Waals surface area (Å²) in [5.74, 6) is -0.352. The van der Waals surface area contributed by atoms with Crippen molar-refractivity contribution >= 4 is 5.91 Å². The molecule has 2 aliphatic rings. The van der Waals surface area contributed by atoms with Crippen LogP contribution in [-0.4, -0.2) is 43.2 Å². The summed E-state index contributed by atoms with van der Waals surface area (Å²) in [6, 6.07) is 11.4. The van der Waals surface area contributed by atoms with Gasteiger partial charge in [0.15, 0.2) is 0 Å². The van der Waals surface area contributed by atoms with Gasteiger partial charge in [0.2, 0.25) is 5.91 Å². The maximum atomic E-state index is 13.7. The number of rotatable bonds is 7. The van der Waals surface area contributed by atoms with Gasteiger partial charge in [-0.05, 0) is 74.9 Å². The molecule has 10 heteroatoms. The molecular formula is C28H32F6N2O2. The molecule has 1 heterocycles. The van der Waals surface area contributed by atoms with E-state index in [1.54, 1.807) is 0 Å². The highest BCUT2D eigenvalue weighted by Crippen LogP contribution is 2.44. The van der Waals surface area contributed by atoms with Crippen LogP contribution in [0.15, 0.2) is 48.5 Å². The Bertz CT molecular complexity index is 1070. The molecule has 0 bridgehead atoms. The Morgan fingerprint density at radius 3 is 2.11 bits per heavy atom. The van der Waals surface area contributed by atoms with Gasteiger partial charge in [0.25, 0.3) is 0 Å². The largest absolute Gasteiger partial charge is 0.416 e. The van der Waals surface area contributed by atoms with E-state index in [1.165, 1.54) is 0 Å². The van der Waals surface area contributed by atoms with Crippen molar-refractivity contribution in [2.45, 2.75) is 69.5 Å². The third-order valence-electron chi connectivity index (χ3n) is 7.89. The number of nitrogens with zero attached hydrogens (tertiary/aromatic N) is 1. The fraction of sp³-hybridized carbons (Fsp3) is 0.536. The molecule has 38 heavy (non-hydrogen) atoms. The summed E-state index contributed by atoms with van der Waals surface area (Å²) in [5, 5.41) is 2.69. The van der Waals surface area contributed by atoms with Crippen molar-refractivity contribution in [3.8, 4) is 0 Å². The quantitative estimate of drug-likeness (QED) is 0.422. The molecule has 2 fully saturated rings. The van der Waals surface area contributed by atoms with Crippen molar-refractivity contribution in [1.82, 2.24) is 10.2 Å². The third-order valence-corrected chi connectivity index (χ3v) is 7.89. The molecule has 1 aliphatic carbocycles. The lowest BCUT2D eigenvalue weighted by molar-refractivity contribution is -0.143. The fourth-order valence-electron chi connectivity index (χ4n) is 5.76. The van der Waals surface area contributed by atoms with Crippen LogP contribution in [-0.2, 0) is 34.8 Å². The lowest BCUT2D eigenvalue weighted by Gasteiger charge is -2.36. The van der Waals surface area contributed by atoms with E-state index in [2.05, 4.69) is 17.3 Å². The number of benzene rings is 2. The summed E-state index contributed by atoms with van der Waals surface area (Å²) < 4.78 is 85.2. The van der Waals surface area contributed by atoms with Crippen LogP contribution in [0.4, 0.5) is 26.3 Å². The molecule has 4 nitrogen and oxygen atoms in total. The van der Waals surface area contributed by atoms with Gasteiger partial charge >= 0.3 is 12.4 Å². The lowest BCUT2D eigenvalue weighted by atomic mass is 9.78. The van der Waals surface area contributed by atoms with Gasteiger partial charge in [-0.1, -0.05) is 30.3 Å². The molecule has 1 N–H and O–H groups in total. The first-order valence-corrected chi connectivity index (χ1v) is 12.8. The Balaban J connectivity index is 1.55. The van der Waals surface area contributed by atoms with Crippen molar-refractivity contribution < 1.29 is 35.9 Å². The number of carbonyl (C=O) groups is 1. The van der Waals surface area contributed by atoms with Crippen molar-refractivity contribution in [3.63, 3.8) is 0 Å². The zero-order valence-electron chi connectivity index (χ0n) is 21.2. The second-order valence-corrected chi connectivity index (χ2v) is 10.4. The first-order chi connectivity index (χ1) is 17.9. The third kappa shape index (κ3) is 6.69. The number of carbonyl (C=O) groups excluding carboxylic acids is 1. The molecule has 2 atom stereocenters.